The molecule has 1 aromatic heterocycles. The van der Waals surface area contributed by atoms with Crippen molar-refractivity contribution in [2.45, 2.75) is 12.5 Å². The van der Waals surface area contributed by atoms with Gasteiger partial charge in [-0.3, -0.25) is 4.90 Å². The van der Waals surface area contributed by atoms with E-state index in [2.05, 4.69) is 70.3 Å². The summed E-state index contributed by atoms with van der Waals surface area (Å²) in [6.07, 6.45) is 4.42. The fourth-order valence-corrected chi connectivity index (χ4v) is 4.52. The van der Waals surface area contributed by atoms with E-state index in [9.17, 15) is 5.26 Å². The number of rotatable bonds is 3. The maximum Gasteiger partial charge on any atom is 0.114 e. The summed E-state index contributed by atoms with van der Waals surface area (Å²) >= 11 is 0. The maximum absolute atomic E-state index is 9.93. The van der Waals surface area contributed by atoms with E-state index in [0.29, 0.717) is 13.0 Å². The number of benzene rings is 3. The Morgan fingerprint density at radius 2 is 1.76 bits per heavy atom. The Morgan fingerprint density at radius 1 is 0.970 bits per heavy atom. The number of fused-ring (bicyclic) bond motifs is 1. The van der Waals surface area contributed by atoms with E-state index in [4.69, 9.17) is 0 Å². The number of imidazole rings is 1. The van der Waals surface area contributed by atoms with E-state index < -0.39 is 0 Å². The van der Waals surface area contributed by atoms with Crippen LogP contribution in [0.1, 0.15) is 29.3 Å². The molecule has 0 saturated heterocycles. The minimum absolute atomic E-state index is 0.122. The highest BCUT2D eigenvalue weighted by molar-refractivity contribution is 5.95. The molecule has 0 fully saturated rings. The number of aryl methyl sites for hydroxylation is 1. The van der Waals surface area contributed by atoms with Crippen molar-refractivity contribution in [1.29, 1.82) is 5.26 Å². The predicted octanol–water partition coefficient (Wildman–Crippen LogP) is 5.35. The fraction of sp³-hybridized carbons (Fsp3) is 0.172. The van der Waals surface area contributed by atoms with Gasteiger partial charge in [-0.15, -0.1) is 0 Å². The van der Waals surface area contributed by atoms with Crippen LogP contribution in [0.2, 0.25) is 0 Å². The summed E-state index contributed by atoms with van der Waals surface area (Å²) < 4.78 is 2.03. The molecule has 3 aromatic carbocycles. The molecule has 4 heteroatoms. The van der Waals surface area contributed by atoms with Crippen molar-refractivity contribution in [3.63, 3.8) is 0 Å². The van der Waals surface area contributed by atoms with Crippen LogP contribution in [-0.4, -0.2) is 27.5 Å². The van der Waals surface area contributed by atoms with Crippen molar-refractivity contribution >= 4 is 16.3 Å². The molecule has 0 spiro atoms. The summed E-state index contributed by atoms with van der Waals surface area (Å²) in [6, 6.07) is 27.1. The van der Waals surface area contributed by atoms with Crippen molar-refractivity contribution in [2.75, 3.05) is 13.1 Å². The summed E-state index contributed by atoms with van der Waals surface area (Å²) in [5.74, 6) is 6.85. The second kappa shape index (κ2) is 9.17. The van der Waals surface area contributed by atoms with E-state index in [1.54, 1.807) is 0 Å². The van der Waals surface area contributed by atoms with Crippen LogP contribution >= 0.6 is 0 Å². The maximum atomic E-state index is 9.93. The molecule has 1 aliphatic rings. The van der Waals surface area contributed by atoms with E-state index >= 15 is 0 Å². The first kappa shape index (κ1) is 20.8. The first-order chi connectivity index (χ1) is 16.2. The lowest BCUT2D eigenvalue weighted by molar-refractivity contribution is 0.256. The standard InChI is InChI=1S/C29H24N4/c1-32-21-31-19-29(32)28(15-14-22-8-3-2-4-9-22)33-17-16-24(18-30)27(20-33)26-13-7-11-23-10-5-6-12-25(23)26/h2-13,19,21,28H,16-17,20H2,1H3. The van der Waals surface area contributed by atoms with Gasteiger partial charge < -0.3 is 4.57 Å². The third-order valence-corrected chi connectivity index (χ3v) is 6.25. The highest BCUT2D eigenvalue weighted by Crippen LogP contribution is 2.34. The Labute approximate surface area is 194 Å². The quantitative estimate of drug-likeness (QED) is 0.413. The van der Waals surface area contributed by atoms with Crippen LogP contribution in [0.3, 0.4) is 0 Å². The number of nitrogens with zero attached hydrogens (tertiary/aromatic N) is 4. The Bertz CT molecular complexity index is 1420. The average Bonchev–Trinajstić information content (AvgIpc) is 3.30. The van der Waals surface area contributed by atoms with Crippen LogP contribution < -0.4 is 0 Å². The molecule has 1 unspecified atom stereocenters. The number of hydrogen-bond donors (Lipinski definition) is 0. The highest BCUT2D eigenvalue weighted by atomic mass is 15.2. The van der Waals surface area contributed by atoms with Gasteiger partial charge in [-0.1, -0.05) is 72.5 Å². The first-order valence-corrected chi connectivity index (χ1v) is 11.1. The van der Waals surface area contributed by atoms with Crippen LogP contribution in [0, 0.1) is 23.2 Å². The lowest BCUT2D eigenvalue weighted by atomic mass is 9.90. The third kappa shape index (κ3) is 4.17. The molecule has 2 heterocycles. The van der Waals surface area contributed by atoms with Crippen molar-refractivity contribution in [3.8, 4) is 17.9 Å². The van der Waals surface area contributed by atoms with Gasteiger partial charge in [0.05, 0.1) is 24.3 Å². The van der Waals surface area contributed by atoms with Crippen molar-refractivity contribution in [1.82, 2.24) is 14.5 Å². The normalized spacial score (nSPS) is 15.0. The molecule has 5 rings (SSSR count). The summed E-state index contributed by atoms with van der Waals surface area (Å²) in [5, 5.41) is 12.3. The predicted molar refractivity (Wildman–Crippen MR) is 132 cm³/mol. The van der Waals surface area contributed by atoms with Gasteiger partial charge >= 0.3 is 0 Å². The SMILES string of the molecule is Cn1cncc1C(C#Cc1ccccc1)N1CCC(C#N)=C(c2cccc3ccccc23)C1. The molecule has 160 valence electrons. The zero-order valence-corrected chi connectivity index (χ0v) is 18.6. The van der Waals surface area contributed by atoms with Gasteiger partial charge in [-0.25, -0.2) is 4.98 Å². The number of nitriles is 1. The van der Waals surface area contributed by atoms with E-state index in [-0.39, 0.29) is 6.04 Å². The topological polar surface area (TPSA) is 44.9 Å². The van der Waals surface area contributed by atoms with Crippen LogP contribution in [0.5, 0.6) is 0 Å². The zero-order chi connectivity index (χ0) is 22.6. The molecule has 1 aliphatic heterocycles. The Morgan fingerprint density at radius 3 is 2.55 bits per heavy atom. The smallest absolute Gasteiger partial charge is 0.114 e. The minimum Gasteiger partial charge on any atom is -0.335 e. The van der Waals surface area contributed by atoms with Gasteiger partial charge in [0.1, 0.15) is 6.04 Å². The molecule has 0 N–H and O–H groups in total. The largest absolute Gasteiger partial charge is 0.335 e. The van der Waals surface area contributed by atoms with Gasteiger partial charge in [0.2, 0.25) is 0 Å². The fourth-order valence-electron chi connectivity index (χ4n) is 4.52. The summed E-state index contributed by atoms with van der Waals surface area (Å²) in [4.78, 5) is 6.71. The van der Waals surface area contributed by atoms with Crippen LogP contribution in [0.4, 0.5) is 0 Å². The van der Waals surface area contributed by atoms with Gasteiger partial charge in [0, 0.05) is 31.3 Å². The monoisotopic (exact) mass is 428 g/mol. The summed E-state index contributed by atoms with van der Waals surface area (Å²) in [5.41, 5.74) is 5.13. The zero-order valence-electron chi connectivity index (χ0n) is 18.6. The number of hydrogen-bond acceptors (Lipinski definition) is 3. The number of aromatic nitrogens is 2. The van der Waals surface area contributed by atoms with E-state index in [1.807, 2.05) is 54.5 Å². The van der Waals surface area contributed by atoms with Crippen molar-refractivity contribution in [3.05, 3.63) is 108 Å². The lowest BCUT2D eigenvalue weighted by Gasteiger charge is -2.33. The molecule has 33 heavy (non-hydrogen) atoms. The molecule has 0 radical (unpaired) electrons. The average molecular weight is 429 g/mol. The molecular weight excluding hydrogens is 404 g/mol. The van der Waals surface area contributed by atoms with Gasteiger partial charge in [-0.2, -0.15) is 5.26 Å². The second-order valence-electron chi connectivity index (χ2n) is 8.28. The minimum atomic E-state index is -0.122. The molecule has 0 bridgehead atoms. The lowest BCUT2D eigenvalue weighted by Crippen LogP contribution is -2.35. The van der Waals surface area contributed by atoms with Crippen molar-refractivity contribution in [2.24, 2.45) is 7.05 Å². The molecule has 4 nitrogen and oxygen atoms in total. The van der Waals surface area contributed by atoms with E-state index in [1.165, 1.54) is 10.8 Å². The Hall–Kier alpha value is -4.12. The molecular formula is C29H24N4. The van der Waals surface area contributed by atoms with Gasteiger partial charge in [-0.05, 0) is 40.5 Å². The molecule has 0 aliphatic carbocycles. The Kier molecular flexibility index (Phi) is 5.77. The van der Waals surface area contributed by atoms with Crippen LogP contribution in [0.25, 0.3) is 16.3 Å². The van der Waals surface area contributed by atoms with Crippen LogP contribution in [0.15, 0.2) is 90.9 Å². The molecule has 4 aromatic rings. The summed E-state index contributed by atoms with van der Waals surface area (Å²) in [6.45, 7) is 1.44. The highest BCUT2D eigenvalue weighted by Gasteiger charge is 2.28. The van der Waals surface area contributed by atoms with E-state index in [0.717, 1.165) is 34.5 Å². The first-order valence-electron chi connectivity index (χ1n) is 11.1. The Balaban J connectivity index is 1.57. The molecule has 0 amide bonds. The molecule has 0 saturated carbocycles. The second-order valence-corrected chi connectivity index (χ2v) is 8.28. The van der Waals surface area contributed by atoms with Gasteiger partial charge in [0.15, 0.2) is 0 Å². The van der Waals surface area contributed by atoms with Gasteiger partial charge in [0.25, 0.3) is 0 Å². The van der Waals surface area contributed by atoms with Crippen molar-refractivity contribution < 1.29 is 0 Å². The summed E-state index contributed by atoms with van der Waals surface area (Å²) in [7, 11) is 2.01. The molecule has 1 atom stereocenters. The third-order valence-electron chi connectivity index (χ3n) is 6.25. The van der Waals surface area contributed by atoms with Crippen LogP contribution in [-0.2, 0) is 7.05 Å².